The lowest BCUT2D eigenvalue weighted by Gasteiger charge is -2.20. The van der Waals surface area contributed by atoms with Gasteiger partial charge in [0.05, 0.1) is 11.4 Å². The number of anilines is 2. The highest BCUT2D eigenvalue weighted by atomic mass is 35.5. The Hall–Kier alpha value is -3.40. The number of imide groups is 1. The van der Waals surface area contributed by atoms with Crippen molar-refractivity contribution in [1.29, 1.82) is 0 Å². The van der Waals surface area contributed by atoms with Crippen LogP contribution in [-0.2, 0) is 14.4 Å². The number of hydrogen-bond donors (Lipinski definition) is 1. The molecule has 2 heterocycles. The topological polar surface area (TPSA) is 94.4 Å². The molecule has 1 saturated heterocycles. The SMILES string of the molecule is O=C(CN1N=N[C@@H]2C(=O)N(c3cccc(Cl)c3)C(=O)[C@@H]21)Nc1ccc(F)cc1F. The summed E-state index contributed by atoms with van der Waals surface area (Å²) in [4.78, 5) is 38.6. The van der Waals surface area contributed by atoms with Crippen molar-refractivity contribution in [2.75, 3.05) is 16.8 Å². The first-order valence-electron chi connectivity index (χ1n) is 8.41. The van der Waals surface area contributed by atoms with Crippen LogP contribution in [0.3, 0.4) is 0 Å². The van der Waals surface area contributed by atoms with Crippen molar-refractivity contribution >= 4 is 40.7 Å². The predicted molar refractivity (Wildman–Crippen MR) is 98.1 cm³/mol. The molecule has 0 unspecified atom stereocenters. The van der Waals surface area contributed by atoms with E-state index in [9.17, 15) is 23.2 Å². The van der Waals surface area contributed by atoms with E-state index in [0.717, 1.165) is 22.0 Å². The number of carbonyl (C=O) groups excluding carboxylic acids is 3. The van der Waals surface area contributed by atoms with Gasteiger partial charge < -0.3 is 5.32 Å². The van der Waals surface area contributed by atoms with Crippen molar-refractivity contribution in [3.63, 3.8) is 0 Å². The third kappa shape index (κ3) is 3.42. The van der Waals surface area contributed by atoms with E-state index in [2.05, 4.69) is 15.7 Å². The number of hydrogen-bond acceptors (Lipinski definition) is 6. The fraction of sp³-hybridized carbons (Fsp3) is 0.167. The molecular formula is C18H12ClF2N5O3. The Balaban J connectivity index is 1.49. The zero-order chi connectivity index (χ0) is 20.7. The first-order valence-corrected chi connectivity index (χ1v) is 8.78. The first kappa shape index (κ1) is 18.9. The molecular weight excluding hydrogens is 408 g/mol. The van der Waals surface area contributed by atoms with Gasteiger partial charge in [-0.15, -0.1) is 0 Å². The molecule has 8 nitrogen and oxygen atoms in total. The van der Waals surface area contributed by atoms with E-state index < -0.39 is 48.0 Å². The van der Waals surface area contributed by atoms with E-state index in [0.29, 0.717) is 11.1 Å². The maximum atomic E-state index is 13.7. The molecule has 0 aliphatic carbocycles. The van der Waals surface area contributed by atoms with Crippen LogP contribution in [0.15, 0.2) is 52.8 Å². The molecule has 0 spiro atoms. The van der Waals surface area contributed by atoms with Crippen LogP contribution in [-0.4, -0.2) is 41.4 Å². The second-order valence-electron chi connectivity index (χ2n) is 6.36. The van der Waals surface area contributed by atoms with E-state index in [-0.39, 0.29) is 11.4 Å². The highest BCUT2D eigenvalue weighted by molar-refractivity contribution is 6.31. The van der Waals surface area contributed by atoms with Crippen molar-refractivity contribution in [2.24, 2.45) is 10.3 Å². The van der Waals surface area contributed by atoms with Gasteiger partial charge in [-0.2, -0.15) is 5.11 Å². The molecule has 3 amide bonds. The summed E-state index contributed by atoms with van der Waals surface area (Å²) in [6.07, 6.45) is 0. The summed E-state index contributed by atoms with van der Waals surface area (Å²) in [5.74, 6) is -3.63. The van der Waals surface area contributed by atoms with Gasteiger partial charge in [-0.1, -0.05) is 22.9 Å². The average Bonchev–Trinajstić information content (AvgIpc) is 3.17. The highest BCUT2D eigenvalue weighted by Gasteiger charge is 2.55. The zero-order valence-corrected chi connectivity index (χ0v) is 15.3. The van der Waals surface area contributed by atoms with Crippen molar-refractivity contribution in [3.8, 4) is 0 Å². The van der Waals surface area contributed by atoms with Gasteiger partial charge in [0.15, 0.2) is 12.1 Å². The van der Waals surface area contributed by atoms with E-state index in [1.165, 1.54) is 6.07 Å². The lowest BCUT2D eigenvalue weighted by atomic mass is 10.1. The van der Waals surface area contributed by atoms with Crippen LogP contribution in [0.5, 0.6) is 0 Å². The quantitative estimate of drug-likeness (QED) is 0.770. The number of benzene rings is 2. The Morgan fingerprint density at radius 2 is 1.93 bits per heavy atom. The third-order valence-corrected chi connectivity index (χ3v) is 4.67. The molecule has 2 aromatic carbocycles. The van der Waals surface area contributed by atoms with E-state index >= 15 is 0 Å². The van der Waals surface area contributed by atoms with Gasteiger partial charge in [0.2, 0.25) is 5.91 Å². The molecule has 0 radical (unpaired) electrons. The summed E-state index contributed by atoms with van der Waals surface area (Å²) in [7, 11) is 0. The Morgan fingerprint density at radius 3 is 2.66 bits per heavy atom. The normalized spacial score (nSPS) is 20.4. The summed E-state index contributed by atoms with van der Waals surface area (Å²) < 4.78 is 26.7. The molecule has 148 valence electrons. The lowest BCUT2D eigenvalue weighted by molar-refractivity contribution is -0.123. The summed E-state index contributed by atoms with van der Waals surface area (Å²) in [5, 5.41) is 11.2. The monoisotopic (exact) mass is 419 g/mol. The summed E-state index contributed by atoms with van der Waals surface area (Å²) in [6, 6.07) is 6.72. The molecule has 11 heteroatoms. The summed E-state index contributed by atoms with van der Waals surface area (Å²) in [5.41, 5.74) is 0.0633. The summed E-state index contributed by atoms with van der Waals surface area (Å²) in [6.45, 7) is -0.454. The fourth-order valence-electron chi connectivity index (χ4n) is 3.15. The smallest absolute Gasteiger partial charge is 0.263 e. The number of rotatable bonds is 4. The zero-order valence-electron chi connectivity index (χ0n) is 14.6. The Bertz CT molecular complexity index is 1060. The van der Waals surface area contributed by atoms with Gasteiger partial charge in [-0.25, -0.2) is 13.7 Å². The lowest BCUT2D eigenvalue weighted by Crippen LogP contribution is -2.43. The maximum absolute atomic E-state index is 13.7. The minimum absolute atomic E-state index is 0.224. The Morgan fingerprint density at radius 1 is 1.14 bits per heavy atom. The van der Waals surface area contributed by atoms with Crippen molar-refractivity contribution in [3.05, 3.63) is 59.1 Å². The standard InChI is InChI=1S/C18H12ClF2N5O3/c19-9-2-1-3-11(6-9)26-17(28)15-16(18(26)29)25(24-23-15)8-14(27)22-13-5-4-10(20)7-12(13)21/h1-7,15-16H,8H2,(H,22,27)/t15-,16+/m0/s1. The molecule has 1 fully saturated rings. The second kappa shape index (κ2) is 7.21. The fourth-order valence-corrected chi connectivity index (χ4v) is 3.34. The number of fused-ring (bicyclic) bond motifs is 1. The molecule has 1 N–H and O–H groups in total. The number of amides is 3. The number of halogens is 3. The first-order chi connectivity index (χ1) is 13.8. The van der Waals surface area contributed by atoms with Crippen molar-refractivity contribution < 1.29 is 23.2 Å². The minimum Gasteiger partial charge on any atom is -0.322 e. The molecule has 29 heavy (non-hydrogen) atoms. The van der Waals surface area contributed by atoms with Crippen LogP contribution in [0.4, 0.5) is 20.2 Å². The molecule has 0 bridgehead atoms. The molecule has 2 aromatic rings. The molecule has 2 aliphatic rings. The average molecular weight is 420 g/mol. The second-order valence-corrected chi connectivity index (χ2v) is 6.79. The van der Waals surface area contributed by atoms with Gasteiger partial charge in [0.25, 0.3) is 11.8 Å². The van der Waals surface area contributed by atoms with Crippen LogP contribution in [0.2, 0.25) is 5.02 Å². The molecule has 0 aromatic heterocycles. The van der Waals surface area contributed by atoms with Gasteiger partial charge in [-0.05, 0) is 30.3 Å². The van der Waals surface area contributed by atoms with Gasteiger partial charge >= 0.3 is 0 Å². The summed E-state index contributed by atoms with van der Waals surface area (Å²) >= 11 is 5.93. The number of carbonyl (C=O) groups is 3. The number of nitrogens with zero attached hydrogens (tertiary/aromatic N) is 4. The van der Waals surface area contributed by atoms with Gasteiger partial charge in [0, 0.05) is 11.1 Å². The van der Waals surface area contributed by atoms with Crippen molar-refractivity contribution in [1.82, 2.24) is 5.01 Å². The molecule has 2 aliphatic heterocycles. The Labute approximate surface area is 167 Å². The van der Waals surface area contributed by atoms with Crippen LogP contribution in [0.25, 0.3) is 0 Å². The maximum Gasteiger partial charge on any atom is 0.263 e. The van der Waals surface area contributed by atoms with Crippen LogP contribution < -0.4 is 10.2 Å². The molecule has 0 saturated carbocycles. The number of nitrogens with one attached hydrogen (secondary N) is 1. The van der Waals surface area contributed by atoms with Gasteiger partial charge in [0.1, 0.15) is 18.2 Å². The predicted octanol–water partition coefficient (Wildman–Crippen LogP) is 2.55. The van der Waals surface area contributed by atoms with Crippen molar-refractivity contribution in [2.45, 2.75) is 12.1 Å². The van der Waals surface area contributed by atoms with Gasteiger partial charge in [-0.3, -0.25) is 19.4 Å². The minimum atomic E-state index is -1.09. The van der Waals surface area contributed by atoms with E-state index in [1.54, 1.807) is 18.2 Å². The van der Waals surface area contributed by atoms with E-state index in [4.69, 9.17) is 11.6 Å². The van der Waals surface area contributed by atoms with Crippen LogP contribution >= 0.6 is 11.6 Å². The van der Waals surface area contributed by atoms with Crippen LogP contribution in [0, 0.1) is 11.6 Å². The molecule has 4 rings (SSSR count). The Kier molecular flexibility index (Phi) is 4.71. The highest BCUT2D eigenvalue weighted by Crippen LogP contribution is 2.32. The van der Waals surface area contributed by atoms with E-state index in [1.807, 2.05) is 0 Å². The largest absolute Gasteiger partial charge is 0.322 e. The third-order valence-electron chi connectivity index (χ3n) is 4.44. The molecule has 2 atom stereocenters. The van der Waals surface area contributed by atoms with Crippen LogP contribution in [0.1, 0.15) is 0 Å².